The van der Waals surface area contributed by atoms with E-state index in [2.05, 4.69) is 9.97 Å². The van der Waals surface area contributed by atoms with Gasteiger partial charge in [0, 0.05) is 5.56 Å². The molecule has 1 aromatic heterocycles. The van der Waals surface area contributed by atoms with E-state index in [1.165, 1.54) is 13.0 Å². The van der Waals surface area contributed by atoms with Crippen LogP contribution < -0.4 is 10.3 Å². The minimum Gasteiger partial charge on any atom is -0.484 e. The third-order valence-electron chi connectivity index (χ3n) is 2.93. The van der Waals surface area contributed by atoms with Crippen LogP contribution in [0.25, 0.3) is 12.2 Å². The van der Waals surface area contributed by atoms with Gasteiger partial charge in [0.1, 0.15) is 24.0 Å². The van der Waals surface area contributed by atoms with Gasteiger partial charge in [0.05, 0.1) is 10.7 Å². The van der Waals surface area contributed by atoms with Crippen LogP contribution in [0.2, 0.25) is 5.02 Å². The lowest BCUT2D eigenvalue weighted by atomic mass is 10.1. The van der Waals surface area contributed by atoms with E-state index in [1.54, 1.807) is 24.3 Å². The minimum atomic E-state index is -0.569. The number of Topliss-reactive ketones (excluding diaryl/α,β-unsaturated/α-hetero) is 1. The van der Waals surface area contributed by atoms with E-state index >= 15 is 0 Å². The highest BCUT2D eigenvalue weighted by Gasteiger charge is 2.09. The van der Waals surface area contributed by atoms with Crippen molar-refractivity contribution in [3.8, 4) is 11.8 Å². The Balaban J connectivity index is 2.46. The van der Waals surface area contributed by atoms with Crippen LogP contribution in [-0.2, 0) is 4.79 Å². The number of aromatic amines is 2. The molecular weight excluding hydrogens is 350 g/mol. The van der Waals surface area contributed by atoms with Crippen molar-refractivity contribution in [2.45, 2.75) is 6.92 Å². The van der Waals surface area contributed by atoms with Crippen LogP contribution in [0.5, 0.6) is 5.75 Å². The number of nitrogens with one attached hydrogen (secondary N) is 2. The molecule has 0 atom stereocenters. The van der Waals surface area contributed by atoms with Crippen LogP contribution in [-0.4, -0.2) is 22.4 Å². The summed E-state index contributed by atoms with van der Waals surface area (Å²) in [6.07, 6.45) is 3.14. The Labute approximate surface area is 147 Å². The minimum absolute atomic E-state index is 0.0897. The SMILES string of the molecule is CC(=O)COc1c(Cl)cccc1/C=C/c1[nH]c(=S)[nH]c(=O)c1C#N. The third kappa shape index (κ3) is 4.19. The molecule has 0 amide bonds. The standard InChI is InChI=1S/C16H12ClN3O3S/c1-9(21)8-23-14-10(3-2-4-12(14)17)5-6-13-11(7-18)15(22)20-16(24)19-13/h2-6H,8H2,1H3,(H2,19,20,22,24)/b6-5+. The number of carbonyl (C=O) groups excluding carboxylic acids is 1. The monoisotopic (exact) mass is 361 g/mol. The van der Waals surface area contributed by atoms with E-state index in [0.717, 1.165) is 0 Å². The number of H-pyrrole nitrogens is 2. The molecule has 24 heavy (non-hydrogen) atoms. The Morgan fingerprint density at radius 1 is 1.42 bits per heavy atom. The van der Waals surface area contributed by atoms with Gasteiger partial charge in [-0.05, 0) is 37.4 Å². The molecule has 0 unspecified atom stereocenters. The zero-order chi connectivity index (χ0) is 17.7. The molecular formula is C16H12ClN3O3S. The Morgan fingerprint density at radius 3 is 2.83 bits per heavy atom. The van der Waals surface area contributed by atoms with Gasteiger partial charge in [-0.25, -0.2) is 0 Å². The van der Waals surface area contributed by atoms with Crippen molar-refractivity contribution >= 4 is 41.8 Å². The molecule has 0 aliphatic rings. The fraction of sp³-hybridized carbons (Fsp3) is 0.125. The van der Waals surface area contributed by atoms with Gasteiger partial charge in [-0.1, -0.05) is 23.7 Å². The van der Waals surface area contributed by atoms with Gasteiger partial charge < -0.3 is 9.72 Å². The maximum Gasteiger partial charge on any atom is 0.270 e. The molecule has 0 saturated carbocycles. The number of benzene rings is 1. The van der Waals surface area contributed by atoms with Crippen molar-refractivity contribution in [1.29, 1.82) is 5.26 Å². The van der Waals surface area contributed by atoms with Gasteiger partial charge in [0.15, 0.2) is 10.6 Å². The summed E-state index contributed by atoms with van der Waals surface area (Å²) in [5.74, 6) is 0.197. The summed E-state index contributed by atoms with van der Waals surface area (Å²) >= 11 is 11.0. The van der Waals surface area contributed by atoms with Crippen LogP contribution >= 0.6 is 23.8 Å². The highest BCUT2D eigenvalue weighted by molar-refractivity contribution is 7.71. The number of rotatable bonds is 5. The average molecular weight is 362 g/mol. The molecule has 0 radical (unpaired) electrons. The lowest BCUT2D eigenvalue weighted by molar-refractivity contribution is -0.118. The Bertz CT molecular complexity index is 970. The second-order valence-electron chi connectivity index (χ2n) is 4.79. The predicted molar refractivity (Wildman–Crippen MR) is 93.5 cm³/mol. The summed E-state index contributed by atoms with van der Waals surface area (Å²) in [6, 6.07) is 6.90. The number of carbonyl (C=O) groups is 1. The molecule has 2 rings (SSSR count). The molecule has 0 spiro atoms. The van der Waals surface area contributed by atoms with E-state index in [9.17, 15) is 9.59 Å². The molecule has 0 bridgehead atoms. The second-order valence-corrected chi connectivity index (χ2v) is 5.61. The van der Waals surface area contributed by atoms with E-state index in [0.29, 0.717) is 16.3 Å². The number of para-hydroxylation sites is 1. The third-order valence-corrected chi connectivity index (χ3v) is 3.43. The van der Waals surface area contributed by atoms with Crippen molar-refractivity contribution in [3.63, 3.8) is 0 Å². The summed E-state index contributed by atoms with van der Waals surface area (Å²) in [5, 5.41) is 9.44. The van der Waals surface area contributed by atoms with Crippen molar-refractivity contribution in [2.75, 3.05) is 6.61 Å². The van der Waals surface area contributed by atoms with E-state index in [-0.39, 0.29) is 28.4 Å². The first-order valence-corrected chi connectivity index (χ1v) is 7.56. The number of hydrogen-bond donors (Lipinski definition) is 2. The maximum absolute atomic E-state index is 11.7. The number of ether oxygens (including phenoxy) is 1. The number of aromatic nitrogens is 2. The number of halogens is 1. The molecule has 0 aliphatic heterocycles. The number of nitriles is 1. The van der Waals surface area contributed by atoms with Crippen LogP contribution in [0.1, 0.15) is 23.7 Å². The van der Waals surface area contributed by atoms with Gasteiger partial charge >= 0.3 is 0 Å². The highest BCUT2D eigenvalue weighted by Crippen LogP contribution is 2.30. The zero-order valence-electron chi connectivity index (χ0n) is 12.6. The normalized spacial score (nSPS) is 10.5. The Kier molecular flexibility index (Phi) is 5.68. The maximum atomic E-state index is 11.7. The molecule has 0 saturated heterocycles. The molecule has 0 aliphatic carbocycles. The van der Waals surface area contributed by atoms with Crippen LogP contribution in [0.3, 0.4) is 0 Å². The molecule has 1 aromatic carbocycles. The first kappa shape index (κ1) is 17.7. The number of nitrogens with zero attached hydrogens (tertiary/aromatic N) is 1. The Morgan fingerprint density at radius 2 is 2.17 bits per heavy atom. The topological polar surface area (TPSA) is 98.7 Å². The zero-order valence-corrected chi connectivity index (χ0v) is 14.1. The number of ketones is 1. The van der Waals surface area contributed by atoms with Gasteiger partial charge in [0.2, 0.25) is 0 Å². The summed E-state index contributed by atoms with van der Waals surface area (Å²) in [7, 11) is 0. The lowest BCUT2D eigenvalue weighted by Gasteiger charge is -2.09. The van der Waals surface area contributed by atoms with Gasteiger partial charge in [-0.2, -0.15) is 5.26 Å². The van der Waals surface area contributed by atoms with E-state index < -0.39 is 5.56 Å². The fourth-order valence-corrected chi connectivity index (χ4v) is 2.34. The van der Waals surface area contributed by atoms with E-state index in [1.807, 2.05) is 6.07 Å². The van der Waals surface area contributed by atoms with E-state index in [4.69, 9.17) is 33.8 Å². The first-order chi connectivity index (χ1) is 11.4. The molecule has 8 heteroatoms. The molecule has 2 N–H and O–H groups in total. The summed E-state index contributed by atoms with van der Waals surface area (Å²) < 4.78 is 5.53. The molecule has 6 nitrogen and oxygen atoms in total. The summed E-state index contributed by atoms with van der Waals surface area (Å²) in [5.41, 5.74) is 0.198. The Hall–Kier alpha value is -2.69. The van der Waals surface area contributed by atoms with Gasteiger partial charge in [0.25, 0.3) is 5.56 Å². The fourth-order valence-electron chi connectivity index (χ4n) is 1.90. The second kappa shape index (κ2) is 7.73. The van der Waals surface area contributed by atoms with Gasteiger partial charge in [-0.15, -0.1) is 0 Å². The lowest BCUT2D eigenvalue weighted by Crippen LogP contribution is -2.13. The van der Waals surface area contributed by atoms with Crippen LogP contribution in [0, 0.1) is 16.1 Å². The molecule has 2 aromatic rings. The van der Waals surface area contributed by atoms with Crippen molar-refractivity contribution < 1.29 is 9.53 Å². The van der Waals surface area contributed by atoms with Gasteiger partial charge in [-0.3, -0.25) is 14.6 Å². The van der Waals surface area contributed by atoms with Crippen molar-refractivity contribution in [3.05, 3.63) is 55.2 Å². The van der Waals surface area contributed by atoms with Crippen molar-refractivity contribution in [2.24, 2.45) is 0 Å². The smallest absolute Gasteiger partial charge is 0.270 e. The molecule has 122 valence electrons. The molecule has 0 fully saturated rings. The van der Waals surface area contributed by atoms with Crippen molar-refractivity contribution in [1.82, 2.24) is 9.97 Å². The largest absolute Gasteiger partial charge is 0.484 e. The quantitative estimate of drug-likeness (QED) is 0.797. The average Bonchev–Trinajstić information content (AvgIpc) is 2.51. The summed E-state index contributed by atoms with van der Waals surface area (Å²) in [6.45, 7) is 1.29. The predicted octanol–water partition coefficient (Wildman–Crippen LogP) is 3.10. The van der Waals surface area contributed by atoms with Crippen LogP contribution in [0.4, 0.5) is 0 Å². The van der Waals surface area contributed by atoms with Crippen LogP contribution in [0.15, 0.2) is 23.0 Å². The molecule has 1 heterocycles. The summed E-state index contributed by atoms with van der Waals surface area (Å²) in [4.78, 5) is 27.9. The number of hydrogen-bond acceptors (Lipinski definition) is 5. The first-order valence-electron chi connectivity index (χ1n) is 6.78. The highest BCUT2D eigenvalue weighted by atomic mass is 35.5.